The highest BCUT2D eigenvalue weighted by Gasteiger charge is 2.32. The van der Waals surface area contributed by atoms with E-state index in [0.717, 1.165) is 23.9 Å². The summed E-state index contributed by atoms with van der Waals surface area (Å²) in [6.07, 6.45) is 3.26. The van der Waals surface area contributed by atoms with Crippen LogP contribution in [-0.2, 0) is 19.6 Å². The average Bonchev–Trinajstić information content (AvgIpc) is 3.14. The Bertz CT molecular complexity index is 694. The van der Waals surface area contributed by atoms with E-state index in [-0.39, 0.29) is 22.8 Å². The molecule has 0 spiro atoms. The number of amides is 1. The number of benzene rings is 1. The molecule has 1 aromatic rings. The molecule has 0 aromatic heterocycles. The number of hydrogen-bond acceptors (Lipinski definition) is 4. The highest BCUT2D eigenvalue weighted by Crippen LogP contribution is 2.25. The Kier molecular flexibility index (Phi) is 6.14. The Hall–Kier alpha value is -0.960. The molecule has 8 heteroatoms. The van der Waals surface area contributed by atoms with Crippen molar-refractivity contribution in [2.75, 3.05) is 26.2 Å². The second-order valence-corrected chi connectivity index (χ2v) is 9.37. The predicted molar refractivity (Wildman–Crippen MR) is 97.6 cm³/mol. The van der Waals surface area contributed by atoms with Crippen LogP contribution in [0.1, 0.15) is 25.7 Å². The normalized spacial score (nSPS) is 22.8. The third kappa shape index (κ3) is 4.61. The van der Waals surface area contributed by atoms with E-state index in [4.69, 9.17) is 4.74 Å². The molecule has 6 nitrogen and oxygen atoms in total. The first-order valence-corrected chi connectivity index (χ1v) is 10.8. The minimum atomic E-state index is -3.49. The quantitative estimate of drug-likeness (QED) is 0.776. The van der Waals surface area contributed by atoms with Crippen LogP contribution in [0.15, 0.2) is 33.6 Å². The molecule has 3 rings (SSSR count). The van der Waals surface area contributed by atoms with Gasteiger partial charge in [-0.25, -0.2) is 8.42 Å². The van der Waals surface area contributed by atoms with Crippen LogP contribution in [0.2, 0.25) is 0 Å². The average molecular weight is 431 g/mol. The highest BCUT2D eigenvalue weighted by molar-refractivity contribution is 9.10. The van der Waals surface area contributed by atoms with Crippen molar-refractivity contribution in [1.29, 1.82) is 0 Å². The SMILES string of the molecule is O=C(NC[C@@H]1CCCO1)C1CCN(S(=O)(=O)c2ccc(Br)cc2)CC1. The molecule has 0 unspecified atom stereocenters. The molecular weight excluding hydrogens is 408 g/mol. The van der Waals surface area contributed by atoms with Gasteiger partial charge in [-0.05, 0) is 49.9 Å². The number of nitrogens with zero attached hydrogens (tertiary/aromatic N) is 1. The molecule has 1 atom stereocenters. The van der Waals surface area contributed by atoms with E-state index in [2.05, 4.69) is 21.2 Å². The van der Waals surface area contributed by atoms with Crippen LogP contribution >= 0.6 is 15.9 Å². The third-order valence-electron chi connectivity index (χ3n) is 4.80. The van der Waals surface area contributed by atoms with E-state index >= 15 is 0 Å². The van der Waals surface area contributed by atoms with Gasteiger partial charge in [-0.1, -0.05) is 15.9 Å². The molecule has 0 saturated carbocycles. The number of carbonyl (C=O) groups is 1. The molecule has 2 fully saturated rings. The lowest BCUT2D eigenvalue weighted by Crippen LogP contribution is -2.44. The maximum absolute atomic E-state index is 12.7. The van der Waals surface area contributed by atoms with Gasteiger partial charge in [0.1, 0.15) is 0 Å². The zero-order valence-corrected chi connectivity index (χ0v) is 16.4. The van der Waals surface area contributed by atoms with Gasteiger partial charge in [0.25, 0.3) is 0 Å². The van der Waals surface area contributed by atoms with Gasteiger partial charge in [-0.15, -0.1) is 0 Å². The summed E-state index contributed by atoms with van der Waals surface area (Å²) in [6.45, 7) is 2.07. The Morgan fingerprint density at radius 2 is 1.88 bits per heavy atom. The van der Waals surface area contributed by atoms with Gasteiger partial charge in [0.2, 0.25) is 15.9 Å². The standard InChI is InChI=1S/C17H23BrN2O4S/c18-14-3-5-16(6-4-14)25(22,23)20-9-7-13(8-10-20)17(21)19-12-15-2-1-11-24-15/h3-6,13,15H,1-2,7-12H2,(H,19,21)/t15-/m0/s1. The summed E-state index contributed by atoms with van der Waals surface area (Å²) in [7, 11) is -3.49. The molecule has 1 amide bonds. The molecule has 2 heterocycles. The predicted octanol–water partition coefficient (Wildman–Crippen LogP) is 2.15. The van der Waals surface area contributed by atoms with Crippen molar-refractivity contribution in [2.45, 2.75) is 36.7 Å². The van der Waals surface area contributed by atoms with Crippen LogP contribution in [0.25, 0.3) is 0 Å². The van der Waals surface area contributed by atoms with E-state index in [0.29, 0.717) is 32.5 Å². The Morgan fingerprint density at radius 3 is 2.48 bits per heavy atom. The van der Waals surface area contributed by atoms with E-state index in [1.165, 1.54) is 4.31 Å². The first-order chi connectivity index (χ1) is 12.0. The van der Waals surface area contributed by atoms with E-state index < -0.39 is 10.0 Å². The molecule has 138 valence electrons. The maximum atomic E-state index is 12.7. The lowest BCUT2D eigenvalue weighted by molar-refractivity contribution is -0.126. The van der Waals surface area contributed by atoms with Crippen LogP contribution in [0, 0.1) is 5.92 Å². The van der Waals surface area contributed by atoms with Gasteiger partial charge in [0, 0.05) is 36.6 Å². The highest BCUT2D eigenvalue weighted by atomic mass is 79.9. The van der Waals surface area contributed by atoms with Crippen LogP contribution in [0.5, 0.6) is 0 Å². The number of ether oxygens (including phenoxy) is 1. The fourth-order valence-electron chi connectivity index (χ4n) is 3.28. The van der Waals surface area contributed by atoms with E-state index in [9.17, 15) is 13.2 Å². The lowest BCUT2D eigenvalue weighted by Gasteiger charge is -2.30. The van der Waals surface area contributed by atoms with Gasteiger partial charge in [0.15, 0.2) is 0 Å². The lowest BCUT2D eigenvalue weighted by atomic mass is 9.97. The number of nitrogens with one attached hydrogen (secondary N) is 1. The summed E-state index contributed by atoms with van der Waals surface area (Å²) < 4.78 is 33.2. The molecule has 0 aliphatic carbocycles. The summed E-state index contributed by atoms with van der Waals surface area (Å²) in [5, 5.41) is 2.95. The Morgan fingerprint density at radius 1 is 1.20 bits per heavy atom. The first kappa shape index (κ1) is 18.8. The molecule has 2 aliphatic rings. The smallest absolute Gasteiger partial charge is 0.243 e. The van der Waals surface area contributed by atoms with Crippen LogP contribution in [-0.4, -0.2) is 51.0 Å². The van der Waals surface area contributed by atoms with E-state index in [1.54, 1.807) is 24.3 Å². The number of carbonyl (C=O) groups excluding carboxylic acids is 1. The molecule has 2 aliphatic heterocycles. The number of halogens is 1. The summed E-state index contributed by atoms with van der Waals surface area (Å²) in [5.41, 5.74) is 0. The molecular formula is C17H23BrN2O4S. The number of rotatable bonds is 5. The summed E-state index contributed by atoms with van der Waals surface area (Å²) in [6, 6.07) is 6.63. The zero-order valence-electron chi connectivity index (χ0n) is 14.0. The fourth-order valence-corrected chi connectivity index (χ4v) is 5.01. The van der Waals surface area contributed by atoms with Crippen molar-refractivity contribution in [3.8, 4) is 0 Å². The van der Waals surface area contributed by atoms with Crippen LogP contribution < -0.4 is 5.32 Å². The van der Waals surface area contributed by atoms with Crippen LogP contribution in [0.3, 0.4) is 0 Å². The molecule has 1 N–H and O–H groups in total. The maximum Gasteiger partial charge on any atom is 0.243 e. The van der Waals surface area contributed by atoms with E-state index in [1.807, 2.05) is 0 Å². The van der Waals surface area contributed by atoms with Crippen molar-refractivity contribution in [3.63, 3.8) is 0 Å². The van der Waals surface area contributed by atoms with Gasteiger partial charge in [-0.3, -0.25) is 4.79 Å². The minimum absolute atomic E-state index is 0.0104. The van der Waals surface area contributed by atoms with Gasteiger partial charge in [0.05, 0.1) is 11.0 Å². The molecule has 25 heavy (non-hydrogen) atoms. The summed E-state index contributed by atoms with van der Waals surface area (Å²) in [4.78, 5) is 12.6. The zero-order chi connectivity index (χ0) is 17.9. The van der Waals surface area contributed by atoms with Crippen LogP contribution in [0.4, 0.5) is 0 Å². The van der Waals surface area contributed by atoms with Gasteiger partial charge in [-0.2, -0.15) is 4.31 Å². The fraction of sp³-hybridized carbons (Fsp3) is 0.588. The second kappa shape index (κ2) is 8.16. The Balaban J connectivity index is 1.52. The van der Waals surface area contributed by atoms with Crippen molar-refractivity contribution in [3.05, 3.63) is 28.7 Å². The largest absolute Gasteiger partial charge is 0.376 e. The van der Waals surface area contributed by atoms with Gasteiger partial charge < -0.3 is 10.1 Å². The van der Waals surface area contributed by atoms with Crippen molar-refractivity contribution in [2.24, 2.45) is 5.92 Å². The number of piperidine rings is 1. The third-order valence-corrected chi connectivity index (χ3v) is 7.25. The summed E-state index contributed by atoms with van der Waals surface area (Å²) in [5.74, 6) is -0.117. The molecule has 2 saturated heterocycles. The second-order valence-electron chi connectivity index (χ2n) is 6.51. The van der Waals surface area contributed by atoms with Crippen molar-refractivity contribution < 1.29 is 17.9 Å². The monoisotopic (exact) mass is 430 g/mol. The number of sulfonamides is 1. The minimum Gasteiger partial charge on any atom is -0.376 e. The van der Waals surface area contributed by atoms with Gasteiger partial charge >= 0.3 is 0 Å². The summed E-state index contributed by atoms with van der Waals surface area (Å²) >= 11 is 3.31. The molecule has 0 bridgehead atoms. The molecule has 0 radical (unpaired) electrons. The number of hydrogen-bond donors (Lipinski definition) is 1. The first-order valence-electron chi connectivity index (χ1n) is 8.62. The molecule has 1 aromatic carbocycles. The van der Waals surface area contributed by atoms with Crippen molar-refractivity contribution >= 4 is 31.9 Å². The topological polar surface area (TPSA) is 75.7 Å². The Labute approximate surface area is 157 Å². The van der Waals surface area contributed by atoms with Crippen molar-refractivity contribution in [1.82, 2.24) is 9.62 Å².